The third-order valence-electron chi connectivity index (χ3n) is 4.85. The van der Waals surface area contributed by atoms with Gasteiger partial charge < -0.3 is 15.2 Å². The van der Waals surface area contributed by atoms with Crippen molar-refractivity contribution in [3.05, 3.63) is 22.9 Å². The summed E-state index contributed by atoms with van der Waals surface area (Å²) < 4.78 is 9.84. The highest BCUT2D eigenvalue weighted by atomic mass is 16.5. The quantitative estimate of drug-likeness (QED) is 0.626. The van der Waals surface area contributed by atoms with E-state index in [1.165, 1.54) is 0 Å². The molecule has 0 spiro atoms. The molecule has 0 aromatic heterocycles. The fourth-order valence-electron chi connectivity index (χ4n) is 3.29. The average Bonchev–Trinajstić information content (AvgIpc) is 2.66. The van der Waals surface area contributed by atoms with Crippen molar-refractivity contribution in [3.8, 4) is 18.2 Å². The number of allylic oxidation sites excluding steroid dienone is 4. The topological polar surface area (TPSA) is 150 Å². The Morgan fingerprint density at radius 3 is 2.07 bits per heavy atom. The first-order chi connectivity index (χ1) is 13.2. The van der Waals surface area contributed by atoms with Crippen LogP contribution in [-0.2, 0) is 19.1 Å². The third kappa shape index (κ3) is 4.32. The number of carbonyl (C=O) groups excluding carboxylic acids is 2. The molecule has 0 amide bonds. The molecule has 0 saturated heterocycles. The number of nitrogens with zero attached hydrogens (tertiary/aromatic N) is 3. The predicted octanol–water partition coefficient (Wildman–Crippen LogP) is 2.39. The minimum absolute atomic E-state index is 0.0148. The Hall–Kier alpha value is -3.31. The lowest BCUT2D eigenvalue weighted by Gasteiger charge is -2.41. The van der Waals surface area contributed by atoms with Crippen molar-refractivity contribution < 1.29 is 19.1 Å². The molecule has 148 valence electrons. The van der Waals surface area contributed by atoms with E-state index in [0.717, 1.165) is 0 Å². The van der Waals surface area contributed by atoms with Gasteiger partial charge in [-0.25, -0.2) is 0 Å². The van der Waals surface area contributed by atoms with E-state index in [1.54, 1.807) is 26.8 Å². The zero-order valence-electron chi connectivity index (χ0n) is 16.4. The maximum absolute atomic E-state index is 11.8. The van der Waals surface area contributed by atoms with Gasteiger partial charge in [0.1, 0.15) is 6.07 Å². The molecule has 0 aromatic carbocycles. The Bertz CT molecular complexity index is 809. The summed E-state index contributed by atoms with van der Waals surface area (Å²) in [6.45, 7) is 5.48. The van der Waals surface area contributed by atoms with Gasteiger partial charge in [-0.3, -0.25) is 9.59 Å². The molecular weight excluding hydrogens is 360 g/mol. The Morgan fingerprint density at radius 2 is 1.61 bits per heavy atom. The molecular formula is C20H24N4O4. The van der Waals surface area contributed by atoms with Gasteiger partial charge in [0.15, 0.2) is 5.41 Å². The zero-order valence-corrected chi connectivity index (χ0v) is 16.4. The number of rotatable bonds is 8. The molecule has 8 heteroatoms. The van der Waals surface area contributed by atoms with Crippen molar-refractivity contribution in [1.82, 2.24) is 0 Å². The van der Waals surface area contributed by atoms with Gasteiger partial charge in [-0.05, 0) is 32.3 Å². The van der Waals surface area contributed by atoms with Crippen LogP contribution >= 0.6 is 0 Å². The SMILES string of the molecule is CCOC(=O)CCC1=C[C@](C)(CCC(=O)OCC)C(C#N)(C#N)C(N)=C1C#N. The van der Waals surface area contributed by atoms with E-state index >= 15 is 0 Å². The summed E-state index contributed by atoms with van der Waals surface area (Å²) in [6, 6.07) is 5.85. The molecule has 0 saturated carbocycles. The molecule has 1 atom stereocenters. The molecule has 1 aliphatic rings. The first-order valence-electron chi connectivity index (χ1n) is 9.01. The highest BCUT2D eigenvalue weighted by Gasteiger charge is 2.54. The Labute approximate surface area is 164 Å². The van der Waals surface area contributed by atoms with Gasteiger partial charge in [-0.2, -0.15) is 15.8 Å². The van der Waals surface area contributed by atoms with Gasteiger partial charge in [-0.1, -0.05) is 13.0 Å². The standard InChI is InChI=1S/C20H24N4O4/c1-4-27-16(25)7-6-14-10-19(3,9-8-17(26)28-5-2)20(12-22,13-23)18(24)15(14)11-21/h10H,4-9,24H2,1-3H3/t19-/m0/s1. The summed E-state index contributed by atoms with van der Waals surface area (Å²) in [5, 5.41) is 29.1. The molecule has 0 radical (unpaired) electrons. The van der Waals surface area contributed by atoms with E-state index in [-0.39, 0.29) is 50.2 Å². The monoisotopic (exact) mass is 384 g/mol. The van der Waals surface area contributed by atoms with Gasteiger partial charge in [-0.15, -0.1) is 0 Å². The average molecular weight is 384 g/mol. The minimum atomic E-state index is -1.81. The summed E-state index contributed by atoms with van der Waals surface area (Å²) in [5.74, 6) is -0.881. The van der Waals surface area contributed by atoms with Gasteiger partial charge in [0.25, 0.3) is 0 Å². The van der Waals surface area contributed by atoms with Crippen LogP contribution in [0.3, 0.4) is 0 Å². The van der Waals surface area contributed by atoms with Crippen LogP contribution in [0, 0.1) is 44.8 Å². The predicted molar refractivity (Wildman–Crippen MR) is 98.4 cm³/mol. The van der Waals surface area contributed by atoms with E-state index in [4.69, 9.17) is 15.2 Å². The minimum Gasteiger partial charge on any atom is -0.466 e. The Kier molecular flexibility index (Phi) is 7.77. The van der Waals surface area contributed by atoms with Gasteiger partial charge >= 0.3 is 11.9 Å². The third-order valence-corrected chi connectivity index (χ3v) is 4.85. The number of ether oxygens (including phenoxy) is 2. The second-order valence-electron chi connectivity index (χ2n) is 6.57. The van der Waals surface area contributed by atoms with Crippen molar-refractivity contribution in [2.24, 2.45) is 16.6 Å². The zero-order chi connectivity index (χ0) is 21.4. The summed E-state index contributed by atoms with van der Waals surface area (Å²) in [5.41, 5.74) is 3.49. The number of nitriles is 3. The van der Waals surface area contributed by atoms with Crippen LogP contribution in [0.2, 0.25) is 0 Å². The summed E-state index contributed by atoms with van der Waals surface area (Å²) >= 11 is 0. The molecule has 2 N–H and O–H groups in total. The highest BCUT2D eigenvalue weighted by molar-refractivity contribution is 5.71. The van der Waals surface area contributed by atoms with Crippen LogP contribution in [0.4, 0.5) is 0 Å². The number of hydrogen-bond acceptors (Lipinski definition) is 8. The Morgan fingerprint density at radius 1 is 1.07 bits per heavy atom. The molecule has 0 aliphatic heterocycles. The molecule has 1 rings (SSSR count). The van der Waals surface area contributed by atoms with E-state index in [1.807, 2.05) is 18.2 Å². The number of hydrogen-bond donors (Lipinski definition) is 1. The Balaban J connectivity index is 3.36. The van der Waals surface area contributed by atoms with Crippen molar-refractivity contribution in [1.29, 1.82) is 15.8 Å². The molecule has 8 nitrogen and oxygen atoms in total. The number of carbonyl (C=O) groups is 2. The smallest absolute Gasteiger partial charge is 0.306 e. The number of nitrogens with two attached hydrogens (primary N) is 1. The van der Waals surface area contributed by atoms with Gasteiger partial charge in [0.2, 0.25) is 0 Å². The van der Waals surface area contributed by atoms with Crippen molar-refractivity contribution in [3.63, 3.8) is 0 Å². The molecule has 1 aliphatic carbocycles. The van der Waals surface area contributed by atoms with Gasteiger partial charge in [0.05, 0.1) is 36.6 Å². The van der Waals surface area contributed by atoms with E-state index < -0.39 is 22.8 Å². The second-order valence-corrected chi connectivity index (χ2v) is 6.57. The van der Waals surface area contributed by atoms with E-state index in [0.29, 0.717) is 5.57 Å². The first kappa shape index (κ1) is 22.7. The van der Waals surface area contributed by atoms with Crippen molar-refractivity contribution >= 4 is 11.9 Å². The largest absolute Gasteiger partial charge is 0.466 e. The van der Waals surface area contributed by atoms with Crippen LogP contribution < -0.4 is 5.73 Å². The molecule has 28 heavy (non-hydrogen) atoms. The highest BCUT2D eigenvalue weighted by Crippen LogP contribution is 2.52. The fraction of sp³-hybridized carbons (Fsp3) is 0.550. The lowest BCUT2D eigenvalue weighted by Crippen LogP contribution is -2.44. The van der Waals surface area contributed by atoms with Crippen LogP contribution in [0.5, 0.6) is 0 Å². The van der Waals surface area contributed by atoms with Crippen molar-refractivity contribution in [2.45, 2.75) is 46.5 Å². The lowest BCUT2D eigenvalue weighted by molar-refractivity contribution is -0.144. The van der Waals surface area contributed by atoms with Crippen LogP contribution in [0.25, 0.3) is 0 Å². The molecule has 0 unspecified atom stereocenters. The summed E-state index contributed by atoms with van der Waals surface area (Å²) in [4.78, 5) is 23.5. The van der Waals surface area contributed by atoms with E-state index in [2.05, 4.69) is 0 Å². The maximum Gasteiger partial charge on any atom is 0.306 e. The van der Waals surface area contributed by atoms with Gasteiger partial charge in [0, 0.05) is 18.3 Å². The summed E-state index contributed by atoms with van der Waals surface area (Å²) in [7, 11) is 0. The summed E-state index contributed by atoms with van der Waals surface area (Å²) in [6.07, 6.45) is 1.91. The van der Waals surface area contributed by atoms with Crippen LogP contribution in [-0.4, -0.2) is 25.2 Å². The first-order valence-corrected chi connectivity index (χ1v) is 9.01. The molecule has 0 aromatic rings. The fourth-order valence-corrected chi connectivity index (χ4v) is 3.29. The second kappa shape index (κ2) is 9.58. The molecule has 0 fully saturated rings. The normalized spacial score (nSPS) is 20.2. The number of esters is 2. The van der Waals surface area contributed by atoms with Crippen LogP contribution in [0.15, 0.2) is 22.9 Å². The van der Waals surface area contributed by atoms with Crippen molar-refractivity contribution in [2.75, 3.05) is 13.2 Å². The molecule has 0 bridgehead atoms. The lowest BCUT2D eigenvalue weighted by atomic mass is 9.57. The van der Waals surface area contributed by atoms with E-state index in [9.17, 15) is 25.4 Å². The molecule has 0 heterocycles. The van der Waals surface area contributed by atoms with Crippen LogP contribution in [0.1, 0.15) is 46.5 Å². The maximum atomic E-state index is 11.8.